The lowest BCUT2D eigenvalue weighted by molar-refractivity contribution is -0.136. The second-order valence-corrected chi connectivity index (χ2v) is 11.7. The van der Waals surface area contributed by atoms with E-state index in [-0.39, 0.29) is 36.6 Å². The van der Waals surface area contributed by atoms with Crippen molar-refractivity contribution in [2.45, 2.75) is 57.2 Å². The van der Waals surface area contributed by atoms with Gasteiger partial charge in [-0.2, -0.15) is 5.26 Å². The Kier molecular flexibility index (Phi) is 8.00. The molecule has 3 heterocycles. The molecular formula is C33H34FN5O4. The number of anilines is 1. The number of amides is 3. The van der Waals surface area contributed by atoms with E-state index in [1.807, 2.05) is 17.0 Å². The summed E-state index contributed by atoms with van der Waals surface area (Å²) < 4.78 is 20.7. The Morgan fingerprint density at radius 3 is 2.58 bits per heavy atom. The summed E-state index contributed by atoms with van der Waals surface area (Å²) in [7, 11) is 0. The second kappa shape index (κ2) is 12.0. The second-order valence-electron chi connectivity index (χ2n) is 11.7. The summed E-state index contributed by atoms with van der Waals surface area (Å²) in [4.78, 5) is 40.6. The topological polar surface area (TPSA) is 129 Å². The molecule has 2 atom stereocenters. The molecule has 1 aliphatic carbocycles. The lowest BCUT2D eigenvalue weighted by atomic mass is 9.82. The maximum Gasteiger partial charge on any atom is 0.255 e. The molecule has 2 aromatic rings. The van der Waals surface area contributed by atoms with Gasteiger partial charge in [-0.25, -0.2) is 4.39 Å². The van der Waals surface area contributed by atoms with Crippen LogP contribution in [0, 0.1) is 23.1 Å². The van der Waals surface area contributed by atoms with Gasteiger partial charge in [0.05, 0.1) is 23.9 Å². The van der Waals surface area contributed by atoms with Gasteiger partial charge in [0.1, 0.15) is 24.2 Å². The largest absolute Gasteiger partial charge is 0.489 e. The number of ether oxygens (including phenoxy) is 1. The fourth-order valence-electron chi connectivity index (χ4n) is 6.59. The zero-order chi connectivity index (χ0) is 30.1. The van der Waals surface area contributed by atoms with Crippen molar-refractivity contribution in [1.29, 1.82) is 5.26 Å². The number of hydrogen-bond donors (Lipinski definition) is 2. The first-order valence-electron chi connectivity index (χ1n) is 14.8. The number of carbonyl (C=O) groups is 3. The minimum absolute atomic E-state index is 0.0617. The number of benzene rings is 2. The molecular weight excluding hydrogens is 549 g/mol. The third-order valence-corrected chi connectivity index (χ3v) is 9.11. The predicted octanol–water partition coefficient (Wildman–Crippen LogP) is 3.73. The van der Waals surface area contributed by atoms with Crippen LogP contribution in [0.3, 0.4) is 0 Å². The smallest absolute Gasteiger partial charge is 0.255 e. The number of rotatable bonds is 7. The summed E-state index contributed by atoms with van der Waals surface area (Å²) >= 11 is 0. The highest BCUT2D eigenvalue weighted by Gasteiger charge is 2.40. The summed E-state index contributed by atoms with van der Waals surface area (Å²) in [5.41, 5.74) is 11.2. The number of nitriles is 1. The van der Waals surface area contributed by atoms with Crippen LogP contribution in [0.5, 0.6) is 5.75 Å². The van der Waals surface area contributed by atoms with E-state index in [2.05, 4.69) is 17.5 Å². The average molecular weight is 584 g/mol. The molecule has 0 radical (unpaired) electrons. The van der Waals surface area contributed by atoms with Gasteiger partial charge in [-0.1, -0.05) is 23.8 Å². The lowest BCUT2D eigenvalue weighted by Crippen LogP contribution is -2.52. The number of hydrogen-bond acceptors (Lipinski definition) is 7. The van der Waals surface area contributed by atoms with Crippen molar-refractivity contribution in [2.24, 2.45) is 11.7 Å². The Balaban J connectivity index is 1.04. The first kappa shape index (κ1) is 28.6. The number of nitrogens with zero attached hydrogens (tertiary/aromatic N) is 3. The van der Waals surface area contributed by atoms with E-state index in [4.69, 9.17) is 15.7 Å². The molecule has 3 amide bonds. The van der Waals surface area contributed by atoms with Gasteiger partial charge in [0, 0.05) is 36.7 Å². The van der Waals surface area contributed by atoms with E-state index < -0.39 is 11.9 Å². The Morgan fingerprint density at radius 1 is 1.07 bits per heavy atom. The van der Waals surface area contributed by atoms with Crippen LogP contribution < -0.4 is 20.7 Å². The fraction of sp³-hybridized carbons (Fsp3) is 0.394. The van der Waals surface area contributed by atoms with Gasteiger partial charge in [-0.05, 0) is 73.9 Å². The van der Waals surface area contributed by atoms with Crippen LogP contribution in [0.2, 0.25) is 0 Å². The molecule has 0 spiro atoms. The average Bonchev–Trinajstić information content (AvgIpc) is 3.36. The van der Waals surface area contributed by atoms with Crippen molar-refractivity contribution < 1.29 is 23.5 Å². The van der Waals surface area contributed by atoms with Crippen LogP contribution in [-0.2, 0) is 16.1 Å². The molecule has 9 nitrogen and oxygen atoms in total. The maximum absolute atomic E-state index is 14.5. The van der Waals surface area contributed by atoms with Crippen LogP contribution >= 0.6 is 0 Å². The van der Waals surface area contributed by atoms with Gasteiger partial charge in [0.2, 0.25) is 11.8 Å². The van der Waals surface area contributed by atoms with Crippen molar-refractivity contribution >= 4 is 23.4 Å². The molecule has 222 valence electrons. The van der Waals surface area contributed by atoms with E-state index >= 15 is 0 Å². The first-order valence-corrected chi connectivity index (χ1v) is 14.8. The number of nitrogens with two attached hydrogens (primary N) is 1. The van der Waals surface area contributed by atoms with Crippen molar-refractivity contribution in [3.63, 3.8) is 0 Å². The Hall–Kier alpha value is -4.49. The van der Waals surface area contributed by atoms with Crippen LogP contribution in [0.4, 0.5) is 10.1 Å². The number of nitrogens with one attached hydrogen (secondary N) is 1. The molecule has 4 aliphatic rings. The highest BCUT2D eigenvalue weighted by molar-refractivity contribution is 6.05. The number of carbonyl (C=O) groups excluding carboxylic acids is 3. The fourth-order valence-corrected chi connectivity index (χ4v) is 6.59. The molecule has 2 saturated heterocycles. The van der Waals surface area contributed by atoms with Crippen molar-refractivity contribution in [2.75, 3.05) is 24.6 Å². The van der Waals surface area contributed by atoms with Crippen molar-refractivity contribution in [3.05, 3.63) is 82.2 Å². The van der Waals surface area contributed by atoms with Gasteiger partial charge in [-0.3, -0.25) is 19.7 Å². The highest BCUT2D eigenvalue weighted by atomic mass is 19.1. The standard InChI is InChI=1S/C33H34FN5O4/c34-26-16-21(17-35)6-9-27(26)38-14-12-23(13-15-38)31(36)22-7-4-20(5-8-22)19-43-29-3-1-2-24-25(29)18-39(33(24)42)28-10-11-30(40)37-32(28)41/h1-4,6-7,9,16,23,28,31H,5,8,10-15,18-19,36H2,(H,37,40,41)/t28-,31?/m0/s1. The molecule has 1 unspecified atom stereocenters. The molecule has 10 heteroatoms. The molecule has 43 heavy (non-hydrogen) atoms. The van der Waals surface area contributed by atoms with Crippen LogP contribution in [0.15, 0.2) is 59.7 Å². The van der Waals surface area contributed by atoms with E-state index in [0.29, 0.717) is 54.6 Å². The minimum atomic E-state index is -0.663. The normalized spacial score (nSPS) is 21.5. The molecule has 3 N–H and O–H groups in total. The van der Waals surface area contributed by atoms with E-state index in [9.17, 15) is 18.8 Å². The number of imide groups is 1. The van der Waals surface area contributed by atoms with Crippen molar-refractivity contribution in [3.8, 4) is 11.8 Å². The van der Waals surface area contributed by atoms with Gasteiger partial charge in [-0.15, -0.1) is 0 Å². The first-order chi connectivity index (χ1) is 20.8. The third kappa shape index (κ3) is 5.77. The molecule has 0 aromatic heterocycles. The molecule has 3 aliphatic heterocycles. The van der Waals surface area contributed by atoms with Gasteiger partial charge in [0.25, 0.3) is 5.91 Å². The minimum Gasteiger partial charge on any atom is -0.489 e. The van der Waals surface area contributed by atoms with Gasteiger partial charge in [0.15, 0.2) is 0 Å². The predicted molar refractivity (Wildman–Crippen MR) is 157 cm³/mol. The molecule has 0 saturated carbocycles. The Bertz CT molecular complexity index is 1570. The number of allylic oxidation sites excluding steroid dienone is 2. The Labute approximate surface area is 249 Å². The van der Waals surface area contributed by atoms with Gasteiger partial charge >= 0.3 is 0 Å². The lowest BCUT2D eigenvalue weighted by Gasteiger charge is -2.37. The van der Waals surface area contributed by atoms with Crippen LogP contribution in [-0.4, -0.2) is 54.4 Å². The zero-order valence-corrected chi connectivity index (χ0v) is 23.9. The molecule has 6 rings (SSSR count). The third-order valence-electron chi connectivity index (χ3n) is 9.11. The van der Waals surface area contributed by atoms with Gasteiger partial charge < -0.3 is 20.3 Å². The molecule has 2 aromatic carbocycles. The monoisotopic (exact) mass is 583 g/mol. The zero-order valence-electron chi connectivity index (χ0n) is 23.9. The number of piperidine rings is 2. The van der Waals surface area contributed by atoms with E-state index in [0.717, 1.165) is 36.8 Å². The Morgan fingerprint density at radius 2 is 1.88 bits per heavy atom. The maximum atomic E-state index is 14.5. The molecule has 0 bridgehead atoms. The summed E-state index contributed by atoms with van der Waals surface area (Å²) in [6, 6.07) is 11.2. The van der Waals surface area contributed by atoms with E-state index in [1.54, 1.807) is 24.3 Å². The number of halogens is 1. The highest BCUT2D eigenvalue weighted by Crippen LogP contribution is 2.35. The quantitative estimate of drug-likeness (QED) is 0.476. The van der Waals surface area contributed by atoms with E-state index in [1.165, 1.54) is 16.5 Å². The molecule has 2 fully saturated rings. The number of fused-ring (bicyclic) bond motifs is 1. The summed E-state index contributed by atoms with van der Waals surface area (Å²) in [5, 5.41) is 11.3. The SMILES string of the molecule is N#Cc1ccc(N2CCC(C(N)C3=CC=C(COc4cccc5c4CN([C@H]4CCC(=O)NC4=O)C5=O)CC3)CC2)c(F)c1. The van der Waals surface area contributed by atoms with Crippen molar-refractivity contribution in [1.82, 2.24) is 10.2 Å². The van der Waals surface area contributed by atoms with Crippen LogP contribution in [0.1, 0.15) is 60.0 Å². The van der Waals surface area contributed by atoms with Crippen LogP contribution in [0.25, 0.3) is 0 Å². The summed E-state index contributed by atoms with van der Waals surface area (Å²) in [6.07, 6.45) is 8.11. The summed E-state index contributed by atoms with van der Waals surface area (Å²) in [6.45, 7) is 2.09. The summed E-state index contributed by atoms with van der Waals surface area (Å²) in [5.74, 6) is -0.393.